The van der Waals surface area contributed by atoms with Crippen molar-refractivity contribution in [3.8, 4) is 0 Å². The molecular formula is C12H17N5O3. The van der Waals surface area contributed by atoms with Gasteiger partial charge in [-0.1, -0.05) is 0 Å². The largest absolute Gasteiger partial charge is 0.388 e. The fourth-order valence-corrected chi connectivity index (χ4v) is 2.26. The monoisotopic (exact) mass is 279 g/mol. The van der Waals surface area contributed by atoms with Gasteiger partial charge in [-0.25, -0.2) is 15.0 Å². The Hall–Kier alpha value is -1.77. The summed E-state index contributed by atoms with van der Waals surface area (Å²) in [6, 6.07) is 0. The summed E-state index contributed by atoms with van der Waals surface area (Å²) in [4.78, 5) is 12.2. The summed E-state index contributed by atoms with van der Waals surface area (Å²) in [5.74, 6) is -0.334. The van der Waals surface area contributed by atoms with Crippen LogP contribution in [0.25, 0.3) is 11.2 Å². The Bertz CT molecular complexity index is 627. The smallest absolute Gasteiger partial charge is 0.165 e. The van der Waals surface area contributed by atoms with Crippen molar-refractivity contribution in [1.82, 2.24) is 19.5 Å². The number of imidazole rings is 1. The minimum absolute atomic E-state index is 0.303. The maximum absolute atomic E-state index is 10.3. The van der Waals surface area contributed by atoms with Gasteiger partial charge in [-0.3, -0.25) is 0 Å². The van der Waals surface area contributed by atoms with Crippen LogP contribution in [0.15, 0.2) is 12.7 Å². The number of anilines is 1. The summed E-state index contributed by atoms with van der Waals surface area (Å²) in [6.07, 6.45) is 1.87. The second-order valence-corrected chi connectivity index (χ2v) is 5.26. The molecule has 3 heterocycles. The molecule has 0 unspecified atom stereocenters. The van der Waals surface area contributed by atoms with E-state index in [2.05, 4.69) is 15.0 Å². The fraction of sp³-hybridized carbons (Fsp3) is 0.583. The van der Waals surface area contributed by atoms with Crippen LogP contribution in [0.4, 0.5) is 5.82 Å². The Morgan fingerprint density at radius 2 is 2.30 bits per heavy atom. The Balaban J connectivity index is 1.78. The lowest BCUT2D eigenvalue weighted by molar-refractivity contribution is -0.151. The second kappa shape index (κ2) is 4.65. The fourth-order valence-electron chi connectivity index (χ4n) is 2.26. The van der Waals surface area contributed by atoms with Crippen LogP contribution >= 0.6 is 0 Å². The first-order chi connectivity index (χ1) is 9.46. The van der Waals surface area contributed by atoms with Crippen LogP contribution in [0, 0.1) is 0 Å². The van der Waals surface area contributed by atoms with Gasteiger partial charge in [0.1, 0.15) is 24.1 Å². The molecule has 20 heavy (non-hydrogen) atoms. The molecule has 3 rings (SSSR count). The predicted molar refractivity (Wildman–Crippen MR) is 70.6 cm³/mol. The summed E-state index contributed by atoms with van der Waals surface area (Å²) >= 11 is 0. The van der Waals surface area contributed by atoms with Gasteiger partial charge in [0.15, 0.2) is 17.3 Å². The molecule has 0 aromatic carbocycles. The summed E-state index contributed by atoms with van der Waals surface area (Å²) in [7, 11) is 0. The van der Waals surface area contributed by atoms with Gasteiger partial charge < -0.3 is 24.9 Å². The summed E-state index contributed by atoms with van der Waals surface area (Å²) < 4.78 is 12.8. The van der Waals surface area contributed by atoms with Crippen LogP contribution in [0.5, 0.6) is 0 Å². The quantitative estimate of drug-likeness (QED) is 0.809. The zero-order valence-electron chi connectivity index (χ0n) is 11.4. The van der Waals surface area contributed by atoms with Gasteiger partial charge in [-0.2, -0.15) is 0 Å². The van der Waals surface area contributed by atoms with Gasteiger partial charge in [0.2, 0.25) is 0 Å². The summed E-state index contributed by atoms with van der Waals surface area (Å²) in [5, 5.41) is 10.3. The first kappa shape index (κ1) is 13.2. The van der Waals surface area contributed by atoms with E-state index < -0.39 is 11.9 Å². The van der Waals surface area contributed by atoms with Crippen molar-refractivity contribution in [2.24, 2.45) is 0 Å². The van der Waals surface area contributed by atoms with Gasteiger partial charge in [0, 0.05) is 0 Å². The van der Waals surface area contributed by atoms with Crippen molar-refractivity contribution in [3.63, 3.8) is 0 Å². The first-order valence-electron chi connectivity index (χ1n) is 6.37. The van der Waals surface area contributed by atoms with E-state index in [1.54, 1.807) is 10.9 Å². The van der Waals surface area contributed by atoms with Gasteiger partial charge in [-0.05, 0) is 13.8 Å². The van der Waals surface area contributed by atoms with E-state index in [4.69, 9.17) is 15.2 Å². The van der Waals surface area contributed by atoms with Crippen molar-refractivity contribution in [2.75, 3.05) is 12.3 Å². The maximum atomic E-state index is 10.3. The average Bonchev–Trinajstić information content (AvgIpc) is 2.95. The number of nitrogens with two attached hydrogens (primary N) is 1. The highest BCUT2D eigenvalue weighted by atomic mass is 16.7. The van der Waals surface area contributed by atoms with Crippen LogP contribution < -0.4 is 5.73 Å². The highest BCUT2D eigenvalue weighted by Gasteiger charge is 2.36. The number of nitrogen functional groups attached to an aromatic ring is 1. The van der Waals surface area contributed by atoms with E-state index >= 15 is 0 Å². The third kappa shape index (κ3) is 2.33. The van der Waals surface area contributed by atoms with Gasteiger partial charge >= 0.3 is 0 Å². The third-order valence-electron chi connectivity index (χ3n) is 3.27. The van der Waals surface area contributed by atoms with E-state index in [1.807, 2.05) is 13.8 Å². The minimum Gasteiger partial charge on any atom is -0.388 e. The molecule has 0 radical (unpaired) electrons. The van der Waals surface area contributed by atoms with Gasteiger partial charge in [-0.15, -0.1) is 0 Å². The van der Waals surface area contributed by atoms with Crippen LogP contribution in [-0.4, -0.2) is 49.2 Å². The van der Waals surface area contributed by atoms with Crippen molar-refractivity contribution >= 4 is 17.0 Å². The lowest BCUT2D eigenvalue weighted by atomic mass is 10.2. The van der Waals surface area contributed by atoms with Crippen LogP contribution in [0.3, 0.4) is 0 Å². The predicted octanol–water partition coefficient (Wildman–Crippen LogP) is -0.0791. The Labute approximate surface area is 115 Å². The SMILES string of the molecule is CC1(C)OC[C@@H]([C@H](O)Cn2cnc3c(N)ncnc32)O1. The molecule has 108 valence electrons. The minimum atomic E-state index is -0.717. The molecule has 2 atom stereocenters. The Morgan fingerprint density at radius 1 is 1.50 bits per heavy atom. The zero-order chi connectivity index (χ0) is 14.3. The van der Waals surface area contributed by atoms with Crippen LogP contribution in [0.1, 0.15) is 13.8 Å². The lowest BCUT2D eigenvalue weighted by Gasteiger charge is -2.20. The van der Waals surface area contributed by atoms with Gasteiger partial charge in [0.05, 0.1) is 19.5 Å². The van der Waals surface area contributed by atoms with Crippen molar-refractivity contribution in [3.05, 3.63) is 12.7 Å². The molecule has 0 amide bonds. The number of hydrogen-bond acceptors (Lipinski definition) is 7. The molecule has 3 N–H and O–H groups in total. The number of aliphatic hydroxyl groups excluding tert-OH is 1. The highest BCUT2D eigenvalue weighted by Crippen LogP contribution is 2.25. The molecule has 0 saturated carbocycles. The van der Waals surface area contributed by atoms with E-state index in [9.17, 15) is 5.11 Å². The number of aromatic nitrogens is 4. The number of aliphatic hydroxyl groups is 1. The molecule has 2 aromatic heterocycles. The molecule has 8 nitrogen and oxygen atoms in total. The molecular weight excluding hydrogens is 262 g/mol. The average molecular weight is 279 g/mol. The number of fused-ring (bicyclic) bond motifs is 1. The topological polar surface area (TPSA) is 108 Å². The second-order valence-electron chi connectivity index (χ2n) is 5.26. The highest BCUT2D eigenvalue weighted by molar-refractivity contribution is 5.81. The van der Waals surface area contributed by atoms with Gasteiger partial charge in [0.25, 0.3) is 0 Å². The number of rotatable bonds is 3. The molecule has 0 aliphatic carbocycles. The molecule has 0 spiro atoms. The summed E-state index contributed by atoms with van der Waals surface area (Å²) in [6.45, 7) is 4.30. The first-order valence-corrected chi connectivity index (χ1v) is 6.37. The normalized spacial score (nSPS) is 23.2. The Kier molecular flexibility index (Phi) is 3.08. The molecule has 0 bridgehead atoms. The maximum Gasteiger partial charge on any atom is 0.165 e. The molecule has 1 aliphatic rings. The van der Waals surface area contributed by atoms with Crippen LogP contribution in [-0.2, 0) is 16.0 Å². The molecule has 8 heteroatoms. The van der Waals surface area contributed by atoms with E-state index in [-0.39, 0.29) is 6.10 Å². The molecule has 1 fully saturated rings. The molecule has 2 aromatic rings. The van der Waals surface area contributed by atoms with E-state index in [0.717, 1.165) is 0 Å². The number of nitrogens with zero attached hydrogens (tertiary/aromatic N) is 4. The van der Waals surface area contributed by atoms with Crippen molar-refractivity contribution in [1.29, 1.82) is 0 Å². The third-order valence-corrected chi connectivity index (χ3v) is 3.27. The molecule has 1 aliphatic heterocycles. The van der Waals surface area contributed by atoms with Crippen molar-refractivity contribution in [2.45, 2.75) is 38.4 Å². The number of ether oxygens (including phenoxy) is 2. The van der Waals surface area contributed by atoms with Crippen LogP contribution in [0.2, 0.25) is 0 Å². The van der Waals surface area contributed by atoms with E-state index in [0.29, 0.717) is 30.1 Å². The Morgan fingerprint density at radius 3 is 3.00 bits per heavy atom. The standard InChI is InChI=1S/C12H17N5O3/c1-12(2)19-4-8(20-12)7(18)3-17-6-16-9-10(13)14-5-15-11(9)17/h5-8,18H,3-4H2,1-2H3,(H2,13,14,15)/t7-,8+/m1/s1. The lowest BCUT2D eigenvalue weighted by Crippen LogP contribution is -2.33. The molecule has 1 saturated heterocycles. The van der Waals surface area contributed by atoms with E-state index in [1.165, 1.54) is 6.33 Å². The summed E-state index contributed by atoms with van der Waals surface area (Å²) in [5.41, 5.74) is 6.85. The zero-order valence-corrected chi connectivity index (χ0v) is 11.4. The number of hydrogen-bond donors (Lipinski definition) is 2. The van der Waals surface area contributed by atoms with Crippen molar-refractivity contribution < 1.29 is 14.6 Å².